The molecule has 2 amide bonds. The van der Waals surface area contributed by atoms with E-state index in [2.05, 4.69) is 10.6 Å². The highest BCUT2D eigenvalue weighted by Crippen LogP contribution is 2.44. The van der Waals surface area contributed by atoms with Gasteiger partial charge in [0.05, 0.1) is 19.1 Å². The lowest BCUT2D eigenvalue weighted by Crippen LogP contribution is -2.50. The second-order valence-corrected chi connectivity index (χ2v) is 9.11. The normalized spacial score (nSPS) is 24.6. The minimum absolute atomic E-state index is 0.134. The molecule has 1 aliphatic carbocycles. The molecule has 8 heteroatoms. The van der Waals surface area contributed by atoms with Gasteiger partial charge in [-0.15, -0.1) is 0 Å². The van der Waals surface area contributed by atoms with Gasteiger partial charge in [-0.25, -0.2) is 4.39 Å². The van der Waals surface area contributed by atoms with Crippen molar-refractivity contribution >= 4 is 40.7 Å². The molecule has 1 fully saturated rings. The molecule has 2 N–H and O–H groups in total. The number of methoxy groups -OCH3 is 1. The first-order valence-corrected chi connectivity index (χ1v) is 11.3. The molecule has 0 bridgehead atoms. The molecule has 5 nitrogen and oxygen atoms in total. The average Bonchev–Trinajstić information content (AvgIpc) is 2.78. The number of nitrogens with one attached hydrogen (secondary N) is 2. The highest BCUT2D eigenvalue weighted by atomic mass is 35.5. The van der Waals surface area contributed by atoms with Gasteiger partial charge in [-0.2, -0.15) is 0 Å². The Labute approximate surface area is 201 Å². The predicted molar refractivity (Wildman–Crippen MR) is 127 cm³/mol. The monoisotopic (exact) mass is 488 g/mol. The standard InChI is InChI=1S/C25H23Cl2FN2O3/c1-33-21-9-8-17(28)12-20(21)24-23(25(32)29-18-7-3-6-16(27)11-18)19(13-22(31)30-24)14-4-2-5-15(26)10-14/h2-9,11-12,14,19,23-24H,10,13H2,1H3,(H,29,32)(H,30,31)/t14?,19-,23-,24-/m0/s1. The lowest BCUT2D eigenvalue weighted by Gasteiger charge is -2.41. The first-order valence-electron chi connectivity index (χ1n) is 10.6. The smallest absolute Gasteiger partial charge is 0.230 e. The average molecular weight is 489 g/mol. The van der Waals surface area contributed by atoms with Crippen LogP contribution in [0.25, 0.3) is 0 Å². The molecule has 172 valence electrons. The fraction of sp³-hybridized carbons (Fsp3) is 0.280. The fourth-order valence-corrected chi connectivity index (χ4v) is 5.08. The number of rotatable bonds is 5. The minimum Gasteiger partial charge on any atom is -0.496 e. The van der Waals surface area contributed by atoms with Crippen LogP contribution in [0.4, 0.5) is 10.1 Å². The van der Waals surface area contributed by atoms with Crippen molar-refractivity contribution in [2.24, 2.45) is 17.8 Å². The zero-order valence-corrected chi connectivity index (χ0v) is 19.4. The van der Waals surface area contributed by atoms with E-state index in [0.29, 0.717) is 33.5 Å². The zero-order valence-electron chi connectivity index (χ0n) is 17.9. The molecule has 1 unspecified atom stereocenters. The highest BCUT2D eigenvalue weighted by Gasteiger charge is 2.46. The second kappa shape index (κ2) is 9.98. The summed E-state index contributed by atoms with van der Waals surface area (Å²) in [5.74, 6) is -1.84. The summed E-state index contributed by atoms with van der Waals surface area (Å²) in [6.07, 6.45) is 6.27. The van der Waals surface area contributed by atoms with Crippen molar-refractivity contribution in [2.75, 3.05) is 12.4 Å². The van der Waals surface area contributed by atoms with Crippen LogP contribution in [0.1, 0.15) is 24.4 Å². The first-order chi connectivity index (χ1) is 15.9. The molecule has 4 atom stereocenters. The van der Waals surface area contributed by atoms with Crippen LogP contribution in [0.2, 0.25) is 5.02 Å². The number of ether oxygens (including phenoxy) is 1. The van der Waals surface area contributed by atoms with Gasteiger partial charge < -0.3 is 15.4 Å². The van der Waals surface area contributed by atoms with E-state index in [-0.39, 0.29) is 30.1 Å². The maximum absolute atomic E-state index is 14.2. The van der Waals surface area contributed by atoms with Crippen LogP contribution in [0.3, 0.4) is 0 Å². The second-order valence-electron chi connectivity index (χ2n) is 8.19. The van der Waals surface area contributed by atoms with Crippen LogP contribution in [0.5, 0.6) is 5.75 Å². The van der Waals surface area contributed by atoms with E-state index < -0.39 is 17.8 Å². The van der Waals surface area contributed by atoms with Gasteiger partial charge in [0, 0.05) is 27.7 Å². The van der Waals surface area contributed by atoms with Gasteiger partial charge in [0.25, 0.3) is 0 Å². The Bertz CT molecular complexity index is 1130. The highest BCUT2D eigenvalue weighted by molar-refractivity contribution is 6.31. The molecule has 4 rings (SSSR count). The number of hydrogen-bond donors (Lipinski definition) is 2. The summed E-state index contributed by atoms with van der Waals surface area (Å²) in [6.45, 7) is 0. The number of anilines is 1. The van der Waals surface area contributed by atoms with E-state index in [1.165, 1.54) is 25.3 Å². The summed E-state index contributed by atoms with van der Waals surface area (Å²) in [5, 5.41) is 6.96. The van der Waals surface area contributed by atoms with Crippen molar-refractivity contribution in [3.8, 4) is 5.75 Å². The van der Waals surface area contributed by atoms with Crippen LogP contribution in [-0.4, -0.2) is 18.9 Å². The van der Waals surface area contributed by atoms with Crippen LogP contribution < -0.4 is 15.4 Å². The van der Waals surface area contributed by atoms with Gasteiger partial charge in [0.2, 0.25) is 11.8 Å². The summed E-state index contributed by atoms with van der Waals surface area (Å²) < 4.78 is 19.7. The lowest BCUT2D eigenvalue weighted by molar-refractivity contribution is -0.133. The summed E-state index contributed by atoms with van der Waals surface area (Å²) in [4.78, 5) is 26.4. The number of allylic oxidation sites excluding steroid dienone is 4. The van der Waals surface area contributed by atoms with Gasteiger partial charge in [-0.05, 0) is 60.7 Å². The molecular formula is C25H23Cl2FN2O3. The molecule has 1 aliphatic heterocycles. The van der Waals surface area contributed by atoms with E-state index in [4.69, 9.17) is 27.9 Å². The van der Waals surface area contributed by atoms with E-state index in [9.17, 15) is 14.0 Å². The number of carbonyl (C=O) groups is 2. The summed E-state index contributed by atoms with van der Waals surface area (Å²) in [5.41, 5.74) is 0.938. The summed E-state index contributed by atoms with van der Waals surface area (Å²) in [7, 11) is 1.47. The van der Waals surface area contributed by atoms with Gasteiger partial charge >= 0.3 is 0 Å². The summed E-state index contributed by atoms with van der Waals surface area (Å²) >= 11 is 12.4. The van der Waals surface area contributed by atoms with Gasteiger partial charge in [-0.1, -0.05) is 41.4 Å². The Kier molecular flexibility index (Phi) is 7.05. The van der Waals surface area contributed by atoms with Gasteiger partial charge in [0.1, 0.15) is 11.6 Å². The van der Waals surface area contributed by atoms with Crippen molar-refractivity contribution in [3.63, 3.8) is 0 Å². The third-order valence-corrected chi connectivity index (χ3v) is 6.61. The number of amides is 2. The van der Waals surface area contributed by atoms with E-state index in [1.54, 1.807) is 30.3 Å². The van der Waals surface area contributed by atoms with Crippen molar-refractivity contribution in [1.29, 1.82) is 0 Å². The maximum atomic E-state index is 14.2. The molecule has 0 saturated carbocycles. The fourth-order valence-electron chi connectivity index (χ4n) is 4.64. The SMILES string of the molecule is COc1ccc(F)cc1[C@@H]1NC(=O)C[C@@H](C2C=CC=C(Cl)C2)[C@@H]1C(=O)Nc1cccc(Cl)c1. The molecule has 1 saturated heterocycles. The molecule has 2 aromatic carbocycles. The van der Waals surface area contributed by atoms with Crippen molar-refractivity contribution in [2.45, 2.75) is 18.9 Å². The lowest BCUT2D eigenvalue weighted by atomic mass is 9.69. The largest absolute Gasteiger partial charge is 0.496 e. The molecule has 2 aromatic rings. The predicted octanol–water partition coefficient (Wildman–Crippen LogP) is 5.62. The van der Waals surface area contributed by atoms with Crippen LogP contribution >= 0.6 is 23.2 Å². The number of piperidine rings is 1. The third-order valence-electron chi connectivity index (χ3n) is 6.10. The Morgan fingerprint density at radius 1 is 1.18 bits per heavy atom. The van der Waals surface area contributed by atoms with E-state index >= 15 is 0 Å². The molecule has 1 heterocycles. The van der Waals surface area contributed by atoms with Crippen LogP contribution in [0, 0.1) is 23.6 Å². The van der Waals surface area contributed by atoms with E-state index in [1.807, 2.05) is 12.2 Å². The Morgan fingerprint density at radius 2 is 2.00 bits per heavy atom. The Morgan fingerprint density at radius 3 is 2.73 bits per heavy atom. The molecule has 0 aromatic heterocycles. The molecule has 0 radical (unpaired) electrons. The first kappa shape index (κ1) is 23.3. The molecule has 0 spiro atoms. The Hall–Kier alpha value is -2.83. The number of benzene rings is 2. The zero-order chi connectivity index (χ0) is 23.5. The molecule has 33 heavy (non-hydrogen) atoms. The van der Waals surface area contributed by atoms with Gasteiger partial charge in [-0.3, -0.25) is 9.59 Å². The minimum atomic E-state index is -0.792. The number of halogens is 3. The topological polar surface area (TPSA) is 67.4 Å². The number of hydrogen-bond acceptors (Lipinski definition) is 3. The number of carbonyl (C=O) groups excluding carboxylic acids is 2. The summed E-state index contributed by atoms with van der Waals surface area (Å²) in [6, 6.07) is 10.1. The Balaban J connectivity index is 1.76. The molecule has 2 aliphatic rings. The van der Waals surface area contributed by atoms with Crippen molar-refractivity contribution in [1.82, 2.24) is 5.32 Å². The van der Waals surface area contributed by atoms with Crippen molar-refractivity contribution in [3.05, 3.63) is 82.1 Å². The quantitative estimate of drug-likeness (QED) is 0.573. The van der Waals surface area contributed by atoms with Crippen LogP contribution in [0.15, 0.2) is 65.7 Å². The van der Waals surface area contributed by atoms with Crippen molar-refractivity contribution < 1.29 is 18.7 Å². The molecular weight excluding hydrogens is 466 g/mol. The van der Waals surface area contributed by atoms with Crippen LogP contribution in [-0.2, 0) is 9.59 Å². The maximum Gasteiger partial charge on any atom is 0.230 e. The van der Waals surface area contributed by atoms with Gasteiger partial charge in [0.15, 0.2) is 0 Å². The third kappa shape index (κ3) is 5.23. The van der Waals surface area contributed by atoms with E-state index in [0.717, 1.165) is 0 Å².